The van der Waals surface area contributed by atoms with Crippen molar-refractivity contribution in [2.75, 3.05) is 46.3 Å². The van der Waals surface area contributed by atoms with E-state index in [9.17, 15) is 10.2 Å². The smallest absolute Gasteiger partial charge is 0.0664 e. The zero-order chi connectivity index (χ0) is 27.9. The van der Waals surface area contributed by atoms with E-state index in [1.807, 2.05) is 0 Å². The van der Waals surface area contributed by atoms with Gasteiger partial charge >= 0.3 is 0 Å². The summed E-state index contributed by atoms with van der Waals surface area (Å²) in [5.74, 6) is 0. The second kappa shape index (κ2) is 30.3. The van der Waals surface area contributed by atoms with Gasteiger partial charge in [0, 0.05) is 39.3 Å². The molecule has 0 rings (SSSR count). The normalized spacial score (nSPS) is 14.3. The van der Waals surface area contributed by atoms with E-state index >= 15 is 0 Å². The number of unbranched alkanes of at least 4 members (excludes halogenated alkanes) is 6. The molecule has 0 fully saturated rings. The van der Waals surface area contributed by atoms with Crippen LogP contribution in [0.15, 0.2) is 48.6 Å². The molecule has 0 aliphatic carbocycles. The molecule has 5 heteroatoms. The van der Waals surface area contributed by atoms with Crippen LogP contribution in [0.1, 0.15) is 104 Å². The fourth-order valence-corrected chi connectivity index (χ4v) is 3.99. The van der Waals surface area contributed by atoms with E-state index in [1.165, 1.54) is 38.5 Å². The van der Waals surface area contributed by atoms with Gasteiger partial charge in [0.2, 0.25) is 0 Å². The van der Waals surface area contributed by atoms with Crippen LogP contribution in [0.3, 0.4) is 0 Å². The molecule has 0 aromatic carbocycles. The van der Waals surface area contributed by atoms with Crippen LogP contribution >= 0.6 is 0 Å². The maximum absolute atomic E-state index is 10.2. The summed E-state index contributed by atoms with van der Waals surface area (Å²) >= 11 is 0. The fraction of sp³-hybridized carbons (Fsp3) is 0.758. The lowest BCUT2D eigenvalue weighted by molar-refractivity contribution is 0.156. The van der Waals surface area contributed by atoms with Crippen molar-refractivity contribution in [3.8, 4) is 0 Å². The molecule has 0 radical (unpaired) electrons. The minimum Gasteiger partial charge on any atom is -0.392 e. The minimum atomic E-state index is -0.270. The Morgan fingerprint density at radius 2 is 0.947 bits per heavy atom. The Morgan fingerprint density at radius 1 is 0.579 bits per heavy atom. The number of rotatable bonds is 28. The number of nitrogens with one attached hydrogen (secondary N) is 2. The zero-order valence-corrected chi connectivity index (χ0v) is 25.3. The fourth-order valence-electron chi connectivity index (χ4n) is 3.99. The Balaban J connectivity index is 3.52. The summed E-state index contributed by atoms with van der Waals surface area (Å²) in [7, 11) is 2.12. The SMILES string of the molecule is CCCC/C=C\C/C=C\CCCC(O)CNCCN(C)CCNCC(O)CCC/C=C\C/C=C\CCCC. The second-order valence-corrected chi connectivity index (χ2v) is 10.5. The van der Waals surface area contributed by atoms with E-state index in [0.717, 1.165) is 77.5 Å². The highest BCUT2D eigenvalue weighted by Gasteiger charge is 2.05. The van der Waals surface area contributed by atoms with Crippen molar-refractivity contribution in [3.63, 3.8) is 0 Å². The standard InChI is InChI=1S/C33H63N3O2/c1-4-6-8-10-12-14-16-18-20-22-24-32(37)30-34-26-28-36(3)29-27-35-31-33(38)25-23-21-19-17-15-13-11-9-7-5-2/h10-13,16-19,32-35,37-38H,4-9,14-15,20-31H2,1-3H3/b12-10-,13-11-,18-16-,19-17-. The molecular formula is C33H63N3O2. The van der Waals surface area contributed by atoms with Crippen molar-refractivity contribution in [2.24, 2.45) is 0 Å². The van der Waals surface area contributed by atoms with Gasteiger partial charge in [-0.2, -0.15) is 0 Å². The molecule has 2 unspecified atom stereocenters. The summed E-state index contributed by atoms with van der Waals surface area (Å²) < 4.78 is 0. The van der Waals surface area contributed by atoms with Gasteiger partial charge in [-0.3, -0.25) is 0 Å². The topological polar surface area (TPSA) is 67.8 Å². The molecule has 0 aromatic heterocycles. The lowest BCUT2D eigenvalue weighted by Crippen LogP contribution is -2.38. The average molecular weight is 534 g/mol. The van der Waals surface area contributed by atoms with E-state index < -0.39 is 0 Å². The summed E-state index contributed by atoms with van der Waals surface area (Å²) in [5.41, 5.74) is 0. The molecule has 0 spiro atoms. The first-order valence-electron chi connectivity index (χ1n) is 15.7. The molecule has 4 N–H and O–H groups in total. The number of nitrogens with zero attached hydrogens (tertiary/aromatic N) is 1. The van der Waals surface area contributed by atoms with Crippen LogP contribution < -0.4 is 10.6 Å². The van der Waals surface area contributed by atoms with Crippen molar-refractivity contribution in [1.29, 1.82) is 0 Å². The number of hydrogen-bond donors (Lipinski definition) is 4. The van der Waals surface area contributed by atoms with Crippen LogP contribution in [0, 0.1) is 0 Å². The first kappa shape index (κ1) is 36.8. The predicted octanol–water partition coefficient (Wildman–Crippen LogP) is 6.55. The molecule has 0 aliphatic heterocycles. The van der Waals surface area contributed by atoms with Gasteiger partial charge in [-0.05, 0) is 71.3 Å². The van der Waals surface area contributed by atoms with Crippen molar-refractivity contribution in [1.82, 2.24) is 15.5 Å². The predicted molar refractivity (Wildman–Crippen MR) is 168 cm³/mol. The van der Waals surface area contributed by atoms with Crippen molar-refractivity contribution in [2.45, 2.75) is 116 Å². The van der Waals surface area contributed by atoms with Gasteiger partial charge in [-0.15, -0.1) is 0 Å². The van der Waals surface area contributed by atoms with Gasteiger partial charge in [0.05, 0.1) is 12.2 Å². The van der Waals surface area contributed by atoms with Crippen LogP contribution in [-0.2, 0) is 0 Å². The third-order valence-electron chi connectivity index (χ3n) is 6.58. The molecule has 0 aromatic rings. The van der Waals surface area contributed by atoms with Gasteiger partial charge in [-0.25, -0.2) is 0 Å². The van der Waals surface area contributed by atoms with Crippen molar-refractivity contribution < 1.29 is 10.2 Å². The molecule has 0 aliphatic rings. The van der Waals surface area contributed by atoms with Gasteiger partial charge < -0.3 is 25.7 Å². The molecule has 5 nitrogen and oxygen atoms in total. The first-order chi connectivity index (χ1) is 18.6. The van der Waals surface area contributed by atoms with E-state index in [1.54, 1.807) is 0 Å². The molecule has 0 heterocycles. The molecule has 38 heavy (non-hydrogen) atoms. The third kappa shape index (κ3) is 29.3. The van der Waals surface area contributed by atoms with Crippen LogP contribution in [-0.4, -0.2) is 73.6 Å². The van der Waals surface area contributed by atoms with Crippen LogP contribution in [0.5, 0.6) is 0 Å². The summed E-state index contributed by atoms with van der Waals surface area (Å²) in [6, 6.07) is 0. The zero-order valence-electron chi connectivity index (χ0n) is 25.3. The molecule has 222 valence electrons. The van der Waals surface area contributed by atoms with E-state index in [2.05, 4.69) is 85.0 Å². The summed E-state index contributed by atoms with van der Waals surface area (Å²) in [5, 5.41) is 27.1. The van der Waals surface area contributed by atoms with Gasteiger partial charge in [0.1, 0.15) is 0 Å². The Hall–Kier alpha value is -1.24. The first-order valence-corrected chi connectivity index (χ1v) is 15.7. The van der Waals surface area contributed by atoms with E-state index in [4.69, 9.17) is 0 Å². The lowest BCUT2D eigenvalue weighted by Gasteiger charge is -2.19. The highest BCUT2D eigenvalue weighted by Crippen LogP contribution is 2.04. The molecule has 0 saturated carbocycles. The number of allylic oxidation sites excluding steroid dienone is 8. The maximum Gasteiger partial charge on any atom is 0.0664 e. The average Bonchev–Trinajstić information content (AvgIpc) is 2.91. The maximum atomic E-state index is 10.2. The van der Waals surface area contributed by atoms with Gasteiger partial charge in [0.25, 0.3) is 0 Å². The monoisotopic (exact) mass is 533 g/mol. The quantitative estimate of drug-likeness (QED) is 0.0679. The Morgan fingerprint density at radius 3 is 1.32 bits per heavy atom. The van der Waals surface area contributed by atoms with Crippen LogP contribution in [0.2, 0.25) is 0 Å². The van der Waals surface area contributed by atoms with Crippen molar-refractivity contribution >= 4 is 0 Å². The van der Waals surface area contributed by atoms with Gasteiger partial charge in [0.15, 0.2) is 0 Å². The number of likely N-dealkylation sites (N-methyl/N-ethyl adjacent to an activating group) is 1. The molecule has 0 bridgehead atoms. The summed E-state index contributed by atoms with van der Waals surface area (Å²) in [6.45, 7) is 9.42. The second-order valence-electron chi connectivity index (χ2n) is 10.5. The van der Waals surface area contributed by atoms with Crippen LogP contribution in [0.4, 0.5) is 0 Å². The summed E-state index contributed by atoms with van der Waals surface area (Å²) in [4.78, 5) is 2.28. The molecule has 0 amide bonds. The highest BCUT2D eigenvalue weighted by atomic mass is 16.3. The number of aliphatic hydroxyl groups excluding tert-OH is 2. The Bertz CT molecular complexity index is 539. The highest BCUT2D eigenvalue weighted by molar-refractivity contribution is 4.93. The Kier molecular flexibility index (Phi) is 29.3. The van der Waals surface area contributed by atoms with Crippen molar-refractivity contribution in [3.05, 3.63) is 48.6 Å². The number of hydrogen-bond acceptors (Lipinski definition) is 5. The molecule has 0 saturated heterocycles. The van der Waals surface area contributed by atoms with Crippen LogP contribution in [0.25, 0.3) is 0 Å². The molecule has 2 atom stereocenters. The Labute approximate surface area is 236 Å². The minimum absolute atomic E-state index is 0.270. The van der Waals surface area contributed by atoms with Gasteiger partial charge in [-0.1, -0.05) is 88.1 Å². The lowest BCUT2D eigenvalue weighted by atomic mass is 10.1. The van der Waals surface area contributed by atoms with E-state index in [0.29, 0.717) is 13.1 Å². The van der Waals surface area contributed by atoms with E-state index in [-0.39, 0.29) is 12.2 Å². The summed E-state index contributed by atoms with van der Waals surface area (Å²) in [6.07, 6.45) is 32.8. The number of aliphatic hydroxyl groups is 2. The largest absolute Gasteiger partial charge is 0.392 e. The third-order valence-corrected chi connectivity index (χ3v) is 6.58. The molecular weight excluding hydrogens is 470 g/mol.